The molecule has 84 valence electrons. The third kappa shape index (κ3) is 4.32. The van der Waals surface area contributed by atoms with Crippen molar-refractivity contribution in [2.45, 2.75) is 13.3 Å². The average molecular weight is 292 g/mol. The van der Waals surface area contributed by atoms with E-state index in [0.717, 1.165) is 3.79 Å². The van der Waals surface area contributed by atoms with E-state index in [0.29, 0.717) is 23.8 Å². The summed E-state index contributed by atoms with van der Waals surface area (Å²) < 4.78 is 0.955. The molecule has 0 aliphatic carbocycles. The first kappa shape index (κ1) is 12.7. The van der Waals surface area contributed by atoms with Crippen molar-refractivity contribution in [3.63, 3.8) is 0 Å². The molecule has 1 rings (SSSR count). The number of aliphatic hydroxyl groups is 1. The van der Waals surface area contributed by atoms with Crippen LogP contribution in [0, 0.1) is 5.92 Å². The van der Waals surface area contributed by atoms with Gasteiger partial charge in [-0.1, -0.05) is 6.92 Å². The molecule has 0 spiro atoms. The van der Waals surface area contributed by atoms with E-state index in [-0.39, 0.29) is 12.5 Å². The van der Waals surface area contributed by atoms with E-state index in [1.54, 1.807) is 6.07 Å². The maximum atomic E-state index is 11.6. The van der Waals surface area contributed by atoms with Crippen LogP contribution in [0.2, 0.25) is 0 Å². The lowest BCUT2D eigenvalue weighted by atomic mass is 10.1. The van der Waals surface area contributed by atoms with Crippen LogP contribution in [-0.2, 0) is 0 Å². The minimum Gasteiger partial charge on any atom is -0.396 e. The summed E-state index contributed by atoms with van der Waals surface area (Å²) in [7, 11) is 0. The van der Waals surface area contributed by atoms with Crippen molar-refractivity contribution in [2.75, 3.05) is 13.2 Å². The maximum absolute atomic E-state index is 11.6. The van der Waals surface area contributed by atoms with Crippen molar-refractivity contribution in [3.8, 4) is 0 Å². The molecule has 5 heteroatoms. The molecule has 15 heavy (non-hydrogen) atoms. The van der Waals surface area contributed by atoms with Crippen molar-refractivity contribution < 1.29 is 9.90 Å². The molecule has 2 N–H and O–H groups in total. The summed E-state index contributed by atoms with van der Waals surface area (Å²) in [5, 5.41) is 11.5. The van der Waals surface area contributed by atoms with Gasteiger partial charge in [-0.15, -0.1) is 11.3 Å². The lowest BCUT2D eigenvalue weighted by Gasteiger charge is -2.09. The van der Waals surface area contributed by atoms with Gasteiger partial charge in [0.1, 0.15) is 0 Å². The van der Waals surface area contributed by atoms with E-state index in [2.05, 4.69) is 21.2 Å². The molecular weight excluding hydrogens is 278 g/mol. The van der Waals surface area contributed by atoms with Crippen molar-refractivity contribution in [1.29, 1.82) is 0 Å². The molecule has 1 amide bonds. The number of nitrogens with one attached hydrogen (secondary N) is 1. The Labute approximate surface area is 102 Å². The van der Waals surface area contributed by atoms with E-state index < -0.39 is 0 Å². The quantitative estimate of drug-likeness (QED) is 0.874. The zero-order valence-electron chi connectivity index (χ0n) is 8.50. The number of hydrogen-bond donors (Lipinski definition) is 2. The fraction of sp³-hybridized carbons (Fsp3) is 0.500. The molecule has 0 saturated carbocycles. The van der Waals surface area contributed by atoms with E-state index in [9.17, 15) is 4.79 Å². The van der Waals surface area contributed by atoms with Crippen LogP contribution in [0.4, 0.5) is 0 Å². The molecule has 0 saturated heterocycles. The summed E-state index contributed by atoms with van der Waals surface area (Å²) in [4.78, 5) is 12.3. The second kappa shape index (κ2) is 6.25. The molecule has 3 nitrogen and oxygen atoms in total. The van der Waals surface area contributed by atoms with Crippen LogP contribution in [0.25, 0.3) is 0 Å². The Morgan fingerprint density at radius 2 is 2.40 bits per heavy atom. The Morgan fingerprint density at radius 1 is 1.67 bits per heavy atom. The largest absolute Gasteiger partial charge is 0.396 e. The lowest BCUT2D eigenvalue weighted by molar-refractivity contribution is 0.0949. The van der Waals surface area contributed by atoms with Crippen molar-refractivity contribution in [1.82, 2.24) is 5.32 Å². The van der Waals surface area contributed by atoms with Crippen LogP contribution in [0.15, 0.2) is 15.9 Å². The van der Waals surface area contributed by atoms with Gasteiger partial charge in [-0.2, -0.15) is 0 Å². The number of carbonyl (C=O) groups excluding carboxylic acids is 1. The first-order valence-electron chi connectivity index (χ1n) is 4.78. The Hall–Kier alpha value is -0.390. The van der Waals surface area contributed by atoms with E-state index >= 15 is 0 Å². The molecule has 1 atom stereocenters. The van der Waals surface area contributed by atoms with Crippen LogP contribution in [0.1, 0.15) is 23.0 Å². The average Bonchev–Trinajstić information content (AvgIpc) is 2.62. The highest BCUT2D eigenvalue weighted by molar-refractivity contribution is 9.11. The van der Waals surface area contributed by atoms with Crippen LogP contribution in [0.3, 0.4) is 0 Å². The van der Waals surface area contributed by atoms with Gasteiger partial charge in [0.15, 0.2) is 0 Å². The van der Waals surface area contributed by atoms with Gasteiger partial charge in [0.25, 0.3) is 5.91 Å². The summed E-state index contributed by atoms with van der Waals surface area (Å²) in [6.45, 7) is 2.78. The Balaban J connectivity index is 2.36. The summed E-state index contributed by atoms with van der Waals surface area (Å²) in [5.41, 5.74) is 0. The van der Waals surface area contributed by atoms with Crippen LogP contribution < -0.4 is 5.32 Å². The second-order valence-corrected chi connectivity index (χ2v) is 5.89. The standard InChI is InChI=1S/C10H14BrNO2S/c1-7(4-5-13)6-12-10(14)8-2-3-9(11)15-8/h2-3,7,13H,4-6H2,1H3,(H,12,14). The van der Waals surface area contributed by atoms with E-state index in [1.807, 2.05) is 13.0 Å². The zero-order chi connectivity index (χ0) is 11.3. The first-order valence-corrected chi connectivity index (χ1v) is 6.39. The van der Waals surface area contributed by atoms with Gasteiger partial charge in [0, 0.05) is 13.2 Å². The molecule has 0 aliphatic rings. The molecule has 0 radical (unpaired) electrons. The smallest absolute Gasteiger partial charge is 0.261 e. The zero-order valence-corrected chi connectivity index (χ0v) is 10.9. The predicted molar refractivity (Wildman–Crippen MR) is 65.2 cm³/mol. The molecule has 1 aromatic rings. The van der Waals surface area contributed by atoms with Gasteiger partial charge in [-0.25, -0.2) is 0 Å². The van der Waals surface area contributed by atoms with Crippen LogP contribution in [0.5, 0.6) is 0 Å². The molecule has 1 heterocycles. The predicted octanol–water partition coefficient (Wildman–Crippen LogP) is 2.26. The summed E-state index contributed by atoms with van der Waals surface area (Å²) >= 11 is 4.73. The molecule has 0 aromatic carbocycles. The molecule has 0 fully saturated rings. The molecule has 0 bridgehead atoms. The summed E-state index contributed by atoms with van der Waals surface area (Å²) in [5.74, 6) is 0.262. The fourth-order valence-electron chi connectivity index (χ4n) is 1.11. The third-order valence-electron chi connectivity index (χ3n) is 2.03. The van der Waals surface area contributed by atoms with E-state index in [4.69, 9.17) is 5.11 Å². The highest BCUT2D eigenvalue weighted by atomic mass is 79.9. The number of halogens is 1. The van der Waals surface area contributed by atoms with Gasteiger partial charge in [-0.05, 0) is 40.4 Å². The first-order chi connectivity index (χ1) is 7.13. The number of carbonyl (C=O) groups is 1. The highest BCUT2D eigenvalue weighted by Crippen LogP contribution is 2.21. The van der Waals surface area contributed by atoms with Gasteiger partial charge in [0.05, 0.1) is 8.66 Å². The number of amides is 1. The van der Waals surface area contributed by atoms with Gasteiger partial charge >= 0.3 is 0 Å². The maximum Gasteiger partial charge on any atom is 0.261 e. The van der Waals surface area contributed by atoms with E-state index in [1.165, 1.54) is 11.3 Å². The fourth-order valence-corrected chi connectivity index (χ4v) is 2.42. The number of rotatable bonds is 5. The van der Waals surface area contributed by atoms with Crippen molar-refractivity contribution in [3.05, 3.63) is 20.8 Å². The number of aliphatic hydroxyl groups excluding tert-OH is 1. The van der Waals surface area contributed by atoms with Crippen molar-refractivity contribution >= 4 is 33.2 Å². The summed E-state index contributed by atoms with van der Waals surface area (Å²) in [6, 6.07) is 3.65. The Bertz CT molecular complexity index is 327. The number of thiophene rings is 1. The van der Waals surface area contributed by atoms with Gasteiger partial charge in [-0.3, -0.25) is 4.79 Å². The molecule has 1 unspecified atom stereocenters. The summed E-state index contributed by atoms with van der Waals surface area (Å²) in [6.07, 6.45) is 0.717. The Kier molecular flexibility index (Phi) is 5.28. The monoisotopic (exact) mass is 291 g/mol. The third-order valence-corrected chi connectivity index (χ3v) is 3.65. The minimum absolute atomic E-state index is 0.0458. The van der Waals surface area contributed by atoms with Crippen molar-refractivity contribution in [2.24, 2.45) is 5.92 Å². The van der Waals surface area contributed by atoms with Gasteiger partial charge in [0.2, 0.25) is 0 Å². The van der Waals surface area contributed by atoms with Gasteiger partial charge < -0.3 is 10.4 Å². The van der Waals surface area contributed by atoms with Crippen LogP contribution >= 0.6 is 27.3 Å². The Morgan fingerprint density at radius 3 is 2.93 bits per heavy atom. The topological polar surface area (TPSA) is 49.3 Å². The SMILES string of the molecule is CC(CCO)CNC(=O)c1ccc(Br)s1. The molecule has 1 aromatic heterocycles. The lowest BCUT2D eigenvalue weighted by Crippen LogP contribution is -2.27. The number of hydrogen-bond acceptors (Lipinski definition) is 3. The second-order valence-electron chi connectivity index (χ2n) is 3.43. The minimum atomic E-state index is -0.0458. The normalized spacial score (nSPS) is 12.5. The highest BCUT2D eigenvalue weighted by Gasteiger charge is 2.09. The molecule has 0 aliphatic heterocycles. The van der Waals surface area contributed by atoms with Crippen LogP contribution in [-0.4, -0.2) is 24.2 Å². The molecular formula is C10H14BrNO2S.